The molecule has 2 aromatic carbocycles. The Morgan fingerprint density at radius 2 is 1.67 bits per heavy atom. The minimum absolute atomic E-state index is 0.286. The van der Waals surface area contributed by atoms with Gasteiger partial charge in [0.2, 0.25) is 11.8 Å². The van der Waals surface area contributed by atoms with E-state index in [0.29, 0.717) is 5.69 Å². The average Bonchev–Trinajstić information content (AvgIpc) is 2.56. The van der Waals surface area contributed by atoms with Crippen LogP contribution in [0.4, 0.5) is 11.4 Å². The zero-order valence-electron chi connectivity index (χ0n) is 13.7. The fourth-order valence-electron chi connectivity index (χ4n) is 1.95. The molecular formula is C18H20N4O2. The number of nitrogens with zero attached hydrogens (tertiary/aromatic N) is 2. The predicted octanol–water partition coefficient (Wildman–Crippen LogP) is 2.23. The fraction of sp³-hybridized carbons (Fsp3) is 0.167. The van der Waals surface area contributed by atoms with Gasteiger partial charge in [0.1, 0.15) is 6.42 Å². The number of hydrogen-bond donors (Lipinski definition) is 2. The molecule has 0 saturated carbocycles. The first-order valence-corrected chi connectivity index (χ1v) is 7.49. The second kappa shape index (κ2) is 8.47. The molecule has 0 fully saturated rings. The third-order valence-corrected chi connectivity index (χ3v) is 3.19. The summed E-state index contributed by atoms with van der Waals surface area (Å²) in [7, 11) is 3.92. The summed E-state index contributed by atoms with van der Waals surface area (Å²) in [6.45, 7) is 0. The second-order valence-corrected chi connectivity index (χ2v) is 5.37. The second-order valence-electron chi connectivity index (χ2n) is 5.37. The van der Waals surface area contributed by atoms with E-state index in [0.717, 1.165) is 11.3 Å². The van der Waals surface area contributed by atoms with Crippen LogP contribution in [-0.2, 0) is 9.59 Å². The lowest BCUT2D eigenvalue weighted by Crippen LogP contribution is -2.24. The summed E-state index contributed by atoms with van der Waals surface area (Å²) in [4.78, 5) is 25.4. The molecule has 0 bridgehead atoms. The molecule has 0 saturated heterocycles. The van der Waals surface area contributed by atoms with E-state index in [-0.39, 0.29) is 12.3 Å². The van der Waals surface area contributed by atoms with E-state index >= 15 is 0 Å². The number of carbonyl (C=O) groups is 2. The number of amides is 2. The normalized spacial score (nSPS) is 10.4. The number of benzene rings is 2. The lowest BCUT2D eigenvalue weighted by Gasteiger charge is -2.11. The Hall–Kier alpha value is -3.15. The number of anilines is 2. The maximum absolute atomic E-state index is 11.7. The summed E-state index contributed by atoms with van der Waals surface area (Å²) in [6, 6.07) is 16.7. The summed E-state index contributed by atoms with van der Waals surface area (Å²) < 4.78 is 0. The first kappa shape index (κ1) is 17.2. The number of nitrogens with one attached hydrogen (secondary N) is 2. The van der Waals surface area contributed by atoms with Crippen LogP contribution in [0.3, 0.4) is 0 Å². The Morgan fingerprint density at radius 3 is 2.29 bits per heavy atom. The third-order valence-electron chi connectivity index (χ3n) is 3.19. The van der Waals surface area contributed by atoms with Crippen LogP contribution in [0.5, 0.6) is 0 Å². The Balaban J connectivity index is 1.79. The topological polar surface area (TPSA) is 73.8 Å². The molecule has 0 heterocycles. The van der Waals surface area contributed by atoms with Gasteiger partial charge in [-0.2, -0.15) is 5.10 Å². The summed E-state index contributed by atoms with van der Waals surface area (Å²) in [6.07, 6.45) is 1.25. The minimum atomic E-state index is -0.468. The van der Waals surface area contributed by atoms with Crippen molar-refractivity contribution in [1.82, 2.24) is 5.43 Å². The van der Waals surface area contributed by atoms with Crippen molar-refractivity contribution in [3.63, 3.8) is 0 Å². The van der Waals surface area contributed by atoms with Gasteiger partial charge in [0.15, 0.2) is 0 Å². The number of para-hydroxylation sites is 1. The molecule has 0 atom stereocenters. The van der Waals surface area contributed by atoms with Crippen molar-refractivity contribution in [3.8, 4) is 0 Å². The van der Waals surface area contributed by atoms with Gasteiger partial charge in [-0.3, -0.25) is 9.59 Å². The van der Waals surface area contributed by atoms with Gasteiger partial charge in [-0.25, -0.2) is 5.43 Å². The van der Waals surface area contributed by atoms with Gasteiger partial charge in [-0.1, -0.05) is 30.3 Å². The van der Waals surface area contributed by atoms with Crippen LogP contribution >= 0.6 is 0 Å². The number of carbonyl (C=O) groups excluding carboxylic acids is 2. The van der Waals surface area contributed by atoms with Gasteiger partial charge in [0.05, 0.1) is 6.21 Å². The largest absolute Gasteiger partial charge is 0.378 e. The van der Waals surface area contributed by atoms with E-state index in [9.17, 15) is 9.59 Å². The van der Waals surface area contributed by atoms with Gasteiger partial charge in [-0.15, -0.1) is 0 Å². The van der Waals surface area contributed by atoms with E-state index in [4.69, 9.17) is 0 Å². The van der Waals surface area contributed by atoms with E-state index < -0.39 is 5.91 Å². The van der Waals surface area contributed by atoms with Gasteiger partial charge < -0.3 is 10.2 Å². The molecule has 0 aliphatic heterocycles. The minimum Gasteiger partial charge on any atom is -0.378 e. The van der Waals surface area contributed by atoms with Crippen LogP contribution < -0.4 is 15.6 Å². The van der Waals surface area contributed by atoms with Gasteiger partial charge in [-0.05, 0) is 29.8 Å². The first-order valence-electron chi connectivity index (χ1n) is 7.49. The highest BCUT2D eigenvalue weighted by molar-refractivity contribution is 6.03. The molecule has 0 unspecified atom stereocenters. The molecule has 2 amide bonds. The molecule has 0 aliphatic rings. The monoisotopic (exact) mass is 324 g/mol. The maximum atomic E-state index is 11.7. The molecular weight excluding hydrogens is 304 g/mol. The third kappa shape index (κ3) is 5.57. The highest BCUT2D eigenvalue weighted by Crippen LogP contribution is 2.10. The molecule has 2 N–H and O–H groups in total. The molecule has 124 valence electrons. The standard InChI is InChI=1S/C18H20N4O2/c1-22(2)16-10-8-14(9-11-16)13-19-21-18(24)12-17(23)20-15-6-4-3-5-7-15/h3-11,13H,12H2,1-2H3,(H,20,23)(H,21,24). The van der Waals surface area contributed by atoms with Crippen molar-refractivity contribution in [3.05, 3.63) is 60.2 Å². The lowest BCUT2D eigenvalue weighted by atomic mass is 10.2. The van der Waals surface area contributed by atoms with Crippen molar-refractivity contribution >= 4 is 29.4 Å². The molecule has 2 rings (SSSR count). The lowest BCUT2D eigenvalue weighted by molar-refractivity contribution is -0.126. The van der Waals surface area contributed by atoms with Crippen molar-refractivity contribution in [1.29, 1.82) is 0 Å². The highest BCUT2D eigenvalue weighted by atomic mass is 16.2. The average molecular weight is 324 g/mol. The molecule has 0 aromatic heterocycles. The Kier molecular flexibility index (Phi) is 6.08. The highest BCUT2D eigenvalue weighted by Gasteiger charge is 2.08. The van der Waals surface area contributed by atoms with Crippen molar-refractivity contribution in [2.75, 3.05) is 24.3 Å². The maximum Gasteiger partial charge on any atom is 0.249 e. The number of hydrogen-bond acceptors (Lipinski definition) is 4. The van der Waals surface area contributed by atoms with Gasteiger partial charge >= 0.3 is 0 Å². The van der Waals surface area contributed by atoms with Gasteiger partial charge in [0.25, 0.3) is 0 Å². The summed E-state index contributed by atoms with van der Waals surface area (Å²) in [5.41, 5.74) is 4.93. The van der Waals surface area contributed by atoms with Crippen LogP contribution in [0.25, 0.3) is 0 Å². The van der Waals surface area contributed by atoms with Crippen LogP contribution in [0.15, 0.2) is 59.7 Å². The molecule has 0 aliphatic carbocycles. The molecule has 0 radical (unpaired) electrons. The smallest absolute Gasteiger partial charge is 0.249 e. The summed E-state index contributed by atoms with van der Waals surface area (Å²) in [5.74, 6) is -0.853. The Bertz CT molecular complexity index is 710. The molecule has 6 nitrogen and oxygen atoms in total. The van der Waals surface area contributed by atoms with Crippen LogP contribution in [0.1, 0.15) is 12.0 Å². The zero-order valence-corrected chi connectivity index (χ0v) is 13.7. The SMILES string of the molecule is CN(C)c1ccc(C=NNC(=O)CC(=O)Nc2ccccc2)cc1. The van der Waals surface area contributed by atoms with Crippen LogP contribution in [0.2, 0.25) is 0 Å². The number of rotatable bonds is 6. The van der Waals surface area contributed by atoms with Crippen molar-refractivity contribution in [2.45, 2.75) is 6.42 Å². The van der Waals surface area contributed by atoms with Crippen molar-refractivity contribution in [2.24, 2.45) is 5.10 Å². The van der Waals surface area contributed by atoms with Crippen molar-refractivity contribution < 1.29 is 9.59 Å². The van der Waals surface area contributed by atoms with E-state index in [1.807, 2.05) is 61.5 Å². The summed E-state index contributed by atoms with van der Waals surface area (Å²) >= 11 is 0. The van der Waals surface area contributed by atoms with Crippen LogP contribution in [0, 0.1) is 0 Å². The quantitative estimate of drug-likeness (QED) is 0.486. The Labute approximate surface area is 141 Å². The summed E-state index contributed by atoms with van der Waals surface area (Å²) in [5, 5.41) is 6.50. The van der Waals surface area contributed by atoms with Crippen LogP contribution in [-0.4, -0.2) is 32.1 Å². The molecule has 6 heteroatoms. The van der Waals surface area contributed by atoms with E-state index in [1.165, 1.54) is 6.21 Å². The predicted molar refractivity (Wildman–Crippen MR) is 96.2 cm³/mol. The Morgan fingerprint density at radius 1 is 1.00 bits per heavy atom. The van der Waals surface area contributed by atoms with E-state index in [1.54, 1.807) is 12.1 Å². The molecule has 2 aromatic rings. The first-order chi connectivity index (χ1) is 11.5. The fourth-order valence-corrected chi connectivity index (χ4v) is 1.95. The molecule has 24 heavy (non-hydrogen) atoms. The number of hydrazone groups is 1. The van der Waals surface area contributed by atoms with Gasteiger partial charge in [0, 0.05) is 25.5 Å². The zero-order chi connectivity index (χ0) is 17.4. The van der Waals surface area contributed by atoms with E-state index in [2.05, 4.69) is 15.8 Å². The molecule has 0 spiro atoms.